The Labute approximate surface area is 110 Å². The molecule has 0 amide bonds. The molecule has 100 valence electrons. The molecule has 2 aliphatic heterocycles. The predicted octanol–water partition coefficient (Wildman–Crippen LogP) is 2.33. The van der Waals surface area contributed by atoms with Crippen molar-refractivity contribution in [2.24, 2.45) is 0 Å². The lowest BCUT2D eigenvalue weighted by Crippen LogP contribution is -2.45. The van der Waals surface area contributed by atoms with E-state index in [9.17, 15) is 13.9 Å². The summed E-state index contributed by atoms with van der Waals surface area (Å²) < 4.78 is 27.8. The zero-order valence-electron chi connectivity index (χ0n) is 10.3. The maximum absolute atomic E-state index is 14.1. The molecule has 2 bridgehead atoms. The lowest BCUT2D eigenvalue weighted by molar-refractivity contribution is 0.126. The minimum Gasteiger partial charge on any atom is -0.393 e. The van der Waals surface area contributed by atoms with Crippen LogP contribution in [0.2, 0.25) is 0 Å². The molecule has 0 spiro atoms. The van der Waals surface area contributed by atoms with Crippen molar-refractivity contribution in [1.29, 1.82) is 5.26 Å². The Morgan fingerprint density at radius 2 is 1.79 bits per heavy atom. The quantitative estimate of drug-likeness (QED) is 0.846. The number of hydrogen-bond acceptors (Lipinski definition) is 3. The average molecular weight is 264 g/mol. The summed E-state index contributed by atoms with van der Waals surface area (Å²) in [5.41, 5.74) is -0.0541. The maximum Gasteiger partial charge on any atom is 0.183 e. The summed E-state index contributed by atoms with van der Waals surface area (Å²) >= 11 is 0. The van der Waals surface area contributed by atoms with Crippen LogP contribution >= 0.6 is 0 Å². The Morgan fingerprint density at radius 1 is 1.16 bits per heavy atom. The van der Waals surface area contributed by atoms with Crippen molar-refractivity contribution in [2.45, 2.75) is 43.9 Å². The normalized spacial score (nSPS) is 29.4. The molecule has 0 radical (unpaired) electrons. The van der Waals surface area contributed by atoms with E-state index in [1.54, 1.807) is 6.07 Å². The van der Waals surface area contributed by atoms with Crippen molar-refractivity contribution in [3.8, 4) is 6.07 Å². The van der Waals surface area contributed by atoms with Crippen LogP contribution in [0.1, 0.15) is 31.2 Å². The fourth-order valence-electron chi connectivity index (χ4n) is 3.37. The third-order valence-electron chi connectivity index (χ3n) is 4.17. The molecule has 3 rings (SSSR count). The van der Waals surface area contributed by atoms with Crippen molar-refractivity contribution >= 4 is 5.69 Å². The highest BCUT2D eigenvalue weighted by Gasteiger charge is 2.41. The monoisotopic (exact) mass is 264 g/mol. The highest BCUT2D eigenvalue weighted by Crippen LogP contribution is 2.40. The van der Waals surface area contributed by atoms with Gasteiger partial charge in [0.05, 0.1) is 17.4 Å². The van der Waals surface area contributed by atoms with E-state index in [4.69, 9.17) is 5.26 Å². The number of piperidine rings is 1. The van der Waals surface area contributed by atoms with E-state index < -0.39 is 11.6 Å². The first-order valence-corrected chi connectivity index (χ1v) is 6.46. The minimum absolute atomic E-state index is 0.0654. The summed E-state index contributed by atoms with van der Waals surface area (Å²) in [7, 11) is 0. The maximum atomic E-state index is 14.1. The Morgan fingerprint density at radius 3 is 2.37 bits per heavy atom. The summed E-state index contributed by atoms with van der Waals surface area (Å²) in [5.74, 6) is -2.03. The molecule has 0 saturated carbocycles. The van der Waals surface area contributed by atoms with Crippen LogP contribution in [0.25, 0.3) is 0 Å². The van der Waals surface area contributed by atoms with Gasteiger partial charge in [-0.05, 0) is 37.8 Å². The summed E-state index contributed by atoms with van der Waals surface area (Å²) in [6, 6.07) is 4.56. The summed E-state index contributed by atoms with van der Waals surface area (Å²) in [6.45, 7) is 0. The molecule has 2 fully saturated rings. The molecule has 0 aromatic heterocycles. The van der Waals surface area contributed by atoms with Gasteiger partial charge in [-0.25, -0.2) is 8.78 Å². The van der Waals surface area contributed by atoms with Crippen molar-refractivity contribution in [3.63, 3.8) is 0 Å². The van der Waals surface area contributed by atoms with Gasteiger partial charge in [0.2, 0.25) is 0 Å². The molecular formula is C14H14F2N2O. The zero-order valence-corrected chi connectivity index (χ0v) is 10.3. The van der Waals surface area contributed by atoms with Crippen molar-refractivity contribution < 1.29 is 13.9 Å². The molecule has 3 nitrogen and oxygen atoms in total. The molecule has 1 aromatic carbocycles. The van der Waals surface area contributed by atoms with Gasteiger partial charge in [-0.3, -0.25) is 0 Å². The number of nitriles is 1. The first-order valence-electron chi connectivity index (χ1n) is 6.46. The lowest BCUT2D eigenvalue weighted by atomic mass is 9.98. The zero-order chi connectivity index (χ0) is 13.6. The molecule has 19 heavy (non-hydrogen) atoms. The van der Waals surface area contributed by atoms with E-state index in [2.05, 4.69) is 0 Å². The number of aliphatic hydroxyl groups excluding tert-OH is 1. The van der Waals surface area contributed by atoms with E-state index in [1.165, 1.54) is 12.1 Å². The Balaban J connectivity index is 2.00. The SMILES string of the molecule is N#Cc1ccc(N2C3CCC2CC(O)C3)c(F)c1F. The van der Waals surface area contributed by atoms with Crippen LogP contribution in [0.3, 0.4) is 0 Å². The molecule has 2 aliphatic rings. The van der Waals surface area contributed by atoms with E-state index in [1.807, 2.05) is 4.90 Å². The second-order valence-corrected chi connectivity index (χ2v) is 5.29. The lowest BCUT2D eigenvalue weighted by Gasteiger charge is -2.39. The van der Waals surface area contributed by atoms with Gasteiger partial charge in [0.1, 0.15) is 6.07 Å². The van der Waals surface area contributed by atoms with Gasteiger partial charge in [-0.15, -0.1) is 0 Å². The first-order chi connectivity index (χ1) is 9.11. The molecule has 1 N–H and O–H groups in total. The largest absolute Gasteiger partial charge is 0.393 e. The number of aliphatic hydroxyl groups is 1. The van der Waals surface area contributed by atoms with Crippen LogP contribution in [0, 0.1) is 23.0 Å². The Kier molecular flexibility index (Phi) is 2.90. The van der Waals surface area contributed by atoms with Gasteiger partial charge in [0.15, 0.2) is 11.6 Å². The van der Waals surface area contributed by atoms with Crippen LogP contribution in [-0.4, -0.2) is 23.3 Å². The number of rotatable bonds is 1. The van der Waals surface area contributed by atoms with E-state index in [-0.39, 0.29) is 29.4 Å². The van der Waals surface area contributed by atoms with Crippen LogP contribution < -0.4 is 4.90 Å². The average Bonchev–Trinajstić information content (AvgIpc) is 2.65. The molecule has 0 aliphatic carbocycles. The van der Waals surface area contributed by atoms with Crippen LogP contribution in [0.5, 0.6) is 0 Å². The van der Waals surface area contributed by atoms with Crippen LogP contribution in [0.15, 0.2) is 12.1 Å². The van der Waals surface area contributed by atoms with Gasteiger partial charge in [-0.2, -0.15) is 5.26 Å². The van der Waals surface area contributed by atoms with E-state index in [0.29, 0.717) is 12.8 Å². The molecule has 2 unspecified atom stereocenters. The highest BCUT2D eigenvalue weighted by atomic mass is 19.2. The van der Waals surface area contributed by atoms with Crippen LogP contribution in [0.4, 0.5) is 14.5 Å². The van der Waals surface area contributed by atoms with Crippen molar-refractivity contribution in [1.82, 2.24) is 0 Å². The molecular weight excluding hydrogens is 250 g/mol. The first kappa shape index (κ1) is 12.4. The number of halogens is 2. The van der Waals surface area contributed by atoms with Gasteiger partial charge in [0, 0.05) is 12.1 Å². The second kappa shape index (κ2) is 4.46. The van der Waals surface area contributed by atoms with Crippen molar-refractivity contribution in [3.05, 3.63) is 29.3 Å². The molecule has 2 atom stereocenters. The summed E-state index contributed by atoms with van der Waals surface area (Å²) in [4.78, 5) is 1.88. The van der Waals surface area contributed by atoms with E-state index >= 15 is 0 Å². The molecule has 5 heteroatoms. The van der Waals surface area contributed by atoms with Gasteiger partial charge in [0.25, 0.3) is 0 Å². The van der Waals surface area contributed by atoms with E-state index in [0.717, 1.165) is 12.8 Å². The predicted molar refractivity (Wildman–Crippen MR) is 65.6 cm³/mol. The third kappa shape index (κ3) is 1.87. The number of benzene rings is 1. The Bertz CT molecular complexity index is 541. The molecule has 2 heterocycles. The molecule has 2 saturated heterocycles. The highest BCUT2D eigenvalue weighted by molar-refractivity contribution is 5.55. The second-order valence-electron chi connectivity index (χ2n) is 5.29. The topological polar surface area (TPSA) is 47.3 Å². The number of anilines is 1. The number of nitrogens with zero attached hydrogens (tertiary/aromatic N) is 2. The van der Waals surface area contributed by atoms with Gasteiger partial charge >= 0.3 is 0 Å². The van der Waals surface area contributed by atoms with Gasteiger partial charge < -0.3 is 10.0 Å². The van der Waals surface area contributed by atoms with Crippen LogP contribution in [-0.2, 0) is 0 Å². The third-order valence-corrected chi connectivity index (χ3v) is 4.17. The number of fused-ring (bicyclic) bond motifs is 2. The summed E-state index contributed by atoms with van der Waals surface area (Å²) in [5, 5.41) is 18.4. The minimum atomic E-state index is -1.08. The summed E-state index contributed by atoms with van der Waals surface area (Å²) in [6.07, 6.45) is 2.63. The van der Waals surface area contributed by atoms with Gasteiger partial charge in [-0.1, -0.05) is 0 Å². The Hall–Kier alpha value is -1.67. The smallest absolute Gasteiger partial charge is 0.183 e. The molecule has 1 aromatic rings. The fourth-order valence-corrected chi connectivity index (χ4v) is 3.37. The standard InChI is InChI=1S/C14H14F2N2O/c15-13-8(7-17)1-4-12(14(13)16)18-9-2-3-10(18)6-11(19)5-9/h1,4,9-11,19H,2-3,5-6H2. The van der Waals surface area contributed by atoms with Crippen molar-refractivity contribution in [2.75, 3.05) is 4.90 Å². The fraction of sp³-hybridized carbons (Fsp3) is 0.500. The number of hydrogen-bond donors (Lipinski definition) is 1.